The fraction of sp³-hybridized carbons (Fsp3) is 0.778. The number of benzene rings is 1. The largest absolute Gasteiger partial charge is 0.388 e. The molecule has 4 aliphatic rings. The lowest BCUT2D eigenvalue weighted by Crippen LogP contribution is -2.47. The van der Waals surface area contributed by atoms with E-state index in [1.54, 1.807) is 28.6 Å². The fourth-order valence-corrected chi connectivity index (χ4v) is 8.31. The number of nitrogens with zero attached hydrogens (tertiary/aromatic N) is 1. The van der Waals surface area contributed by atoms with Crippen molar-refractivity contribution in [2.45, 2.75) is 113 Å². The first-order chi connectivity index (χ1) is 16.7. The topological polar surface area (TPSA) is 85.3 Å². The maximum absolute atomic E-state index is 13.1. The van der Waals surface area contributed by atoms with E-state index in [1.807, 2.05) is 13.8 Å². The summed E-state index contributed by atoms with van der Waals surface area (Å²) in [5.41, 5.74) is -1.64. The summed E-state index contributed by atoms with van der Waals surface area (Å²) in [5.74, 6) is 0. The van der Waals surface area contributed by atoms with E-state index >= 15 is 0 Å². The van der Waals surface area contributed by atoms with Crippen molar-refractivity contribution in [2.75, 3.05) is 19.7 Å². The number of hydrogen-bond donors (Lipinski definition) is 1. The second-order valence-corrected chi connectivity index (χ2v) is 15.3. The number of hydrogen-bond acceptors (Lipinski definition) is 6. The van der Waals surface area contributed by atoms with Gasteiger partial charge in [0.1, 0.15) is 0 Å². The Bertz CT molecular complexity index is 1060. The minimum absolute atomic E-state index is 0.000623. The molecule has 0 amide bonds. The Hall–Kier alpha value is -0.550. The highest BCUT2D eigenvalue weighted by Gasteiger charge is 2.57. The Morgan fingerprint density at radius 2 is 1.58 bits per heavy atom. The molecule has 5 rings (SSSR count). The third-order valence-electron chi connectivity index (χ3n) is 9.22. The van der Waals surface area contributed by atoms with Crippen LogP contribution in [0.5, 0.6) is 0 Å². The minimum atomic E-state index is -3.49. The number of aliphatic hydroxyl groups is 1. The maximum atomic E-state index is 13.1. The van der Waals surface area contributed by atoms with Crippen molar-refractivity contribution in [1.29, 1.82) is 0 Å². The lowest BCUT2D eigenvalue weighted by Gasteiger charge is -2.39. The van der Waals surface area contributed by atoms with Crippen LogP contribution in [0.1, 0.15) is 72.6 Å². The van der Waals surface area contributed by atoms with E-state index in [1.165, 1.54) is 0 Å². The van der Waals surface area contributed by atoms with E-state index < -0.39 is 21.2 Å². The van der Waals surface area contributed by atoms with Gasteiger partial charge in [-0.25, -0.2) is 8.42 Å². The Balaban J connectivity index is 1.19. The first-order valence-corrected chi connectivity index (χ1v) is 15.4. The molecule has 0 saturated carbocycles. The molecule has 0 unspecified atom stereocenters. The summed E-state index contributed by atoms with van der Waals surface area (Å²) in [6, 6.07) is 6.85. The van der Waals surface area contributed by atoms with Crippen LogP contribution >= 0.6 is 15.9 Å². The van der Waals surface area contributed by atoms with Crippen LogP contribution in [-0.4, -0.2) is 72.6 Å². The van der Waals surface area contributed by atoms with E-state index in [9.17, 15) is 13.5 Å². The number of rotatable bonds is 5. The zero-order chi connectivity index (χ0) is 26.0. The standard InChI is InChI=1S/C27H40BrNO6S/c1-24(2,30)21-9-11-25(3,34-21)22-10-12-26(4,35-22)23-17-27(18-33-23)13-15-29(16-14-27)36(31,32)20-7-5-19(28)6-8-20/h5-8,21-23,30H,9-18H2,1-4H3/t21-,22+,23+,25-,26-/m1/s1. The summed E-state index contributed by atoms with van der Waals surface area (Å²) >= 11 is 3.37. The Labute approximate surface area is 224 Å². The van der Waals surface area contributed by atoms with Crippen LogP contribution in [0, 0.1) is 5.41 Å². The van der Waals surface area contributed by atoms with E-state index in [-0.39, 0.29) is 29.3 Å². The smallest absolute Gasteiger partial charge is 0.243 e. The van der Waals surface area contributed by atoms with Gasteiger partial charge in [0.15, 0.2) is 0 Å². The lowest BCUT2D eigenvalue weighted by atomic mass is 9.75. The van der Waals surface area contributed by atoms with Gasteiger partial charge >= 0.3 is 0 Å². The highest BCUT2D eigenvalue weighted by atomic mass is 79.9. The number of halogens is 1. The van der Waals surface area contributed by atoms with Crippen molar-refractivity contribution in [3.8, 4) is 0 Å². The summed E-state index contributed by atoms with van der Waals surface area (Å²) in [4.78, 5) is 0.342. The number of piperidine rings is 1. The van der Waals surface area contributed by atoms with Gasteiger partial charge in [-0.15, -0.1) is 0 Å². The molecule has 5 atom stereocenters. The molecule has 0 bridgehead atoms. The van der Waals surface area contributed by atoms with Crippen LogP contribution in [0.15, 0.2) is 33.6 Å². The molecule has 1 spiro atoms. The maximum Gasteiger partial charge on any atom is 0.243 e. The predicted octanol–water partition coefficient (Wildman–Crippen LogP) is 4.66. The summed E-state index contributed by atoms with van der Waals surface area (Å²) in [7, 11) is -3.49. The summed E-state index contributed by atoms with van der Waals surface area (Å²) in [6.45, 7) is 9.58. The molecule has 4 aliphatic heterocycles. The van der Waals surface area contributed by atoms with Crippen molar-refractivity contribution in [3.05, 3.63) is 28.7 Å². The van der Waals surface area contributed by atoms with E-state index in [0.29, 0.717) is 24.6 Å². The van der Waals surface area contributed by atoms with Crippen LogP contribution in [0.3, 0.4) is 0 Å². The van der Waals surface area contributed by atoms with Crippen LogP contribution < -0.4 is 0 Å². The van der Waals surface area contributed by atoms with Gasteiger partial charge in [0.05, 0.1) is 46.6 Å². The SMILES string of the molecule is CC(C)(O)[C@H]1CC[C@](C)([C@@H]2CC[C@](C)([C@@H]3CC4(CCN(S(=O)(=O)c5ccc(Br)cc5)CC4)CO3)O2)O1. The van der Waals surface area contributed by atoms with Crippen LogP contribution in [0.25, 0.3) is 0 Å². The van der Waals surface area contributed by atoms with Crippen molar-refractivity contribution in [2.24, 2.45) is 5.41 Å². The fourth-order valence-electron chi connectivity index (χ4n) is 6.61. The van der Waals surface area contributed by atoms with Gasteiger partial charge < -0.3 is 19.3 Å². The molecule has 1 aromatic rings. The van der Waals surface area contributed by atoms with Crippen LogP contribution in [0.4, 0.5) is 0 Å². The molecule has 202 valence electrons. The molecule has 0 aromatic heterocycles. The zero-order valence-corrected chi connectivity index (χ0v) is 24.2. The minimum Gasteiger partial charge on any atom is -0.388 e. The van der Waals surface area contributed by atoms with Crippen molar-refractivity contribution >= 4 is 26.0 Å². The average molecular weight is 587 g/mol. The second kappa shape index (κ2) is 9.28. The molecule has 9 heteroatoms. The highest BCUT2D eigenvalue weighted by molar-refractivity contribution is 9.10. The molecule has 1 aromatic carbocycles. The predicted molar refractivity (Wildman–Crippen MR) is 140 cm³/mol. The molecule has 4 saturated heterocycles. The van der Waals surface area contributed by atoms with Gasteiger partial charge in [-0.05, 0) is 102 Å². The average Bonchev–Trinajstić information content (AvgIpc) is 3.53. The van der Waals surface area contributed by atoms with Crippen molar-refractivity contribution in [3.63, 3.8) is 0 Å². The number of ether oxygens (including phenoxy) is 3. The Kier molecular flexibility index (Phi) is 6.97. The lowest BCUT2D eigenvalue weighted by molar-refractivity contribution is -0.190. The molecule has 36 heavy (non-hydrogen) atoms. The van der Waals surface area contributed by atoms with E-state index in [2.05, 4.69) is 29.8 Å². The van der Waals surface area contributed by atoms with Gasteiger partial charge in [-0.3, -0.25) is 0 Å². The normalized spacial score (nSPS) is 37.7. The van der Waals surface area contributed by atoms with Gasteiger partial charge in [-0.1, -0.05) is 15.9 Å². The van der Waals surface area contributed by atoms with Crippen molar-refractivity contribution in [1.82, 2.24) is 4.31 Å². The number of sulfonamides is 1. The Morgan fingerprint density at radius 1 is 0.972 bits per heavy atom. The molecule has 4 fully saturated rings. The summed E-state index contributed by atoms with van der Waals surface area (Å²) in [6.07, 6.45) is 5.82. The zero-order valence-electron chi connectivity index (χ0n) is 21.8. The summed E-state index contributed by atoms with van der Waals surface area (Å²) < 4.78 is 48.2. The molecule has 0 radical (unpaired) electrons. The quantitative estimate of drug-likeness (QED) is 0.541. The summed E-state index contributed by atoms with van der Waals surface area (Å²) in [5, 5.41) is 10.4. The monoisotopic (exact) mass is 585 g/mol. The molecule has 1 N–H and O–H groups in total. The first kappa shape index (κ1) is 27.0. The molecular weight excluding hydrogens is 546 g/mol. The van der Waals surface area contributed by atoms with Gasteiger partial charge in [0.25, 0.3) is 0 Å². The third-order valence-corrected chi connectivity index (χ3v) is 11.7. The second-order valence-electron chi connectivity index (χ2n) is 12.4. The molecular formula is C27H40BrNO6S. The van der Waals surface area contributed by atoms with Gasteiger partial charge in [0, 0.05) is 17.6 Å². The molecule has 7 nitrogen and oxygen atoms in total. The molecule has 4 heterocycles. The van der Waals surface area contributed by atoms with Gasteiger partial charge in [-0.2, -0.15) is 4.31 Å². The Morgan fingerprint density at radius 3 is 2.19 bits per heavy atom. The van der Waals surface area contributed by atoms with Gasteiger partial charge in [0.2, 0.25) is 10.0 Å². The van der Waals surface area contributed by atoms with Crippen molar-refractivity contribution < 1.29 is 27.7 Å². The van der Waals surface area contributed by atoms with E-state index in [0.717, 1.165) is 49.4 Å². The van der Waals surface area contributed by atoms with Crippen LogP contribution in [0.2, 0.25) is 0 Å². The van der Waals surface area contributed by atoms with Crippen LogP contribution in [-0.2, 0) is 24.2 Å². The first-order valence-electron chi connectivity index (χ1n) is 13.2. The third kappa shape index (κ3) is 4.94. The highest BCUT2D eigenvalue weighted by Crippen LogP contribution is 2.51. The molecule has 0 aliphatic carbocycles. The van der Waals surface area contributed by atoms with E-state index in [4.69, 9.17) is 14.2 Å².